The van der Waals surface area contributed by atoms with Crippen molar-refractivity contribution >= 4 is 22.1 Å². The molecule has 0 atom stereocenters. The number of nitrogens with zero attached hydrogens (tertiary/aromatic N) is 1. The first-order valence-corrected chi connectivity index (χ1v) is 10.4. The first kappa shape index (κ1) is 21.0. The van der Waals surface area contributed by atoms with E-state index < -0.39 is 27.7 Å². The molecule has 1 fully saturated rings. The van der Waals surface area contributed by atoms with Crippen molar-refractivity contribution in [3.8, 4) is 5.75 Å². The standard InChI is InChI=1S/C18H25NO7S/c1-18(2,3)26-17(22)19(27(4,23)24)10-14-8-7-13(16(20)21)9-15(14)25-11-12-5-6-12/h7-9,12H,5-6,10-11H2,1-4H3,(H,20,21). The Morgan fingerprint density at radius 1 is 1.26 bits per heavy atom. The molecular formula is C18H25NO7S. The summed E-state index contributed by atoms with van der Waals surface area (Å²) in [7, 11) is -3.91. The van der Waals surface area contributed by atoms with Gasteiger partial charge in [0.25, 0.3) is 0 Å². The molecule has 0 heterocycles. The van der Waals surface area contributed by atoms with Crippen molar-refractivity contribution in [2.75, 3.05) is 12.9 Å². The van der Waals surface area contributed by atoms with Gasteiger partial charge in [0.2, 0.25) is 10.0 Å². The van der Waals surface area contributed by atoms with Crippen molar-refractivity contribution in [3.05, 3.63) is 29.3 Å². The molecule has 1 N–H and O–H groups in total. The van der Waals surface area contributed by atoms with Gasteiger partial charge in [0.05, 0.1) is 25.0 Å². The van der Waals surface area contributed by atoms with Gasteiger partial charge in [-0.3, -0.25) is 0 Å². The van der Waals surface area contributed by atoms with Crippen LogP contribution in [0.15, 0.2) is 18.2 Å². The number of carboxylic acid groups (broad SMARTS) is 1. The van der Waals surface area contributed by atoms with Gasteiger partial charge in [-0.2, -0.15) is 4.31 Å². The number of carboxylic acids is 1. The summed E-state index contributed by atoms with van der Waals surface area (Å²) in [6.07, 6.45) is 2.00. The summed E-state index contributed by atoms with van der Waals surface area (Å²) >= 11 is 0. The molecule has 27 heavy (non-hydrogen) atoms. The molecule has 1 aliphatic carbocycles. The molecule has 0 bridgehead atoms. The fraction of sp³-hybridized carbons (Fsp3) is 0.556. The molecule has 0 radical (unpaired) electrons. The lowest BCUT2D eigenvalue weighted by Crippen LogP contribution is -2.39. The molecule has 0 aromatic heterocycles. The van der Waals surface area contributed by atoms with Crippen LogP contribution in [0.2, 0.25) is 0 Å². The summed E-state index contributed by atoms with van der Waals surface area (Å²) in [6, 6.07) is 4.14. The van der Waals surface area contributed by atoms with Crippen molar-refractivity contribution < 1.29 is 32.6 Å². The summed E-state index contributed by atoms with van der Waals surface area (Å²) in [4.78, 5) is 23.6. The molecule has 0 aliphatic heterocycles. The summed E-state index contributed by atoms with van der Waals surface area (Å²) in [5.74, 6) is -0.452. The van der Waals surface area contributed by atoms with Crippen LogP contribution in [0.25, 0.3) is 0 Å². The number of carbonyl (C=O) groups is 2. The fourth-order valence-corrected chi connectivity index (χ4v) is 2.91. The Labute approximate surface area is 159 Å². The van der Waals surface area contributed by atoms with Gasteiger partial charge in [-0.25, -0.2) is 18.0 Å². The van der Waals surface area contributed by atoms with E-state index in [4.69, 9.17) is 9.47 Å². The number of hydrogen-bond donors (Lipinski definition) is 1. The van der Waals surface area contributed by atoms with Crippen LogP contribution in [0.1, 0.15) is 49.5 Å². The smallest absolute Gasteiger partial charge is 0.424 e. The van der Waals surface area contributed by atoms with E-state index in [2.05, 4.69) is 0 Å². The quantitative estimate of drug-likeness (QED) is 0.750. The molecule has 150 valence electrons. The molecule has 0 spiro atoms. The first-order chi connectivity index (χ1) is 12.4. The minimum Gasteiger partial charge on any atom is -0.493 e. The lowest BCUT2D eigenvalue weighted by Gasteiger charge is -2.26. The van der Waals surface area contributed by atoms with E-state index >= 15 is 0 Å². The summed E-state index contributed by atoms with van der Waals surface area (Å²) < 4.78 is 35.7. The van der Waals surface area contributed by atoms with Crippen LogP contribution < -0.4 is 4.74 Å². The van der Waals surface area contributed by atoms with Crippen molar-refractivity contribution in [2.45, 2.75) is 45.8 Å². The molecule has 1 aliphatic rings. The highest BCUT2D eigenvalue weighted by Gasteiger charge is 2.30. The maximum Gasteiger partial charge on any atom is 0.424 e. The van der Waals surface area contributed by atoms with Gasteiger partial charge in [0.1, 0.15) is 11.4 Å². The van der Waals surface area contributed by atoms with Gasteiger partial charge in [-0.15, -0.1) is 0 Å². The molecule has 0 saturated heterocycles. The molecule has 2 rings (SSSR count). The number of amides is 1. The molecule has 1 amide bonds. The summed E-state index contributed by atoms with van der Waals surface area (Å²) in [6.45, 7) is 5.01. The van der Waals surface area contributed by atoms with Crippen LogP contribution in [0.3, 0.4) is 0 Å². The third-order valence-electron chi connectivity index (χ3n) is 3.80. The Kier molecular flexibility index (Phi) is 6.04. The predicted molar refractivity (Wildman–Crippen MR) is 98.2 cm³/mol. The van der Waals surface area contributed by atoms with Crippen LogP contribution in [-0.4, -0.2) is 48.4 Å². The maximum atomic E-state index is 12.4. The molecule has 8 nitrogen and oxygen atoms in total. The Balaban J connectivity index is 2.31. The van der Waals surface area contributed by atoms with Gasteiger partial charge in [0, 0.05) is 5.56 Å². The van der Waals surface area contributed by atoms with E-state index in [1.807, 2.05) is 0 Å². The van der Waals surface area contributed by atoms with E-state index in [0.717, 1.165) is 19.1 Å². The van der Waals surface area contributed by atoms with E-state index in [1.165, 1.54) is 18.2 Å². The average Bonchev–Trinajstić information content (AvgIpc) is 3.32. The van der Waals surface area contributed by atoms with E-state index in [0.29, 0.717) is 22.4 Å². The minimum absolute atomic E-state index is 0.0210. The number of rotatable bonds is 7. The maximum absolute atomic E-state index is 12.4. The third kappa shape index (κ3) is 6.42. The average molecular weight is 399 g/mol. The monoisotopic (exact) mass is 399 g/mol. The lowest BCUT2D eigenvalue weighted by atomic mass is 10.1. The van der Waals surface area contributed by atoms with Crippen molar-refractivity contribution in [1.82, 2.24) is 4.31 Å². The fourth-order valence-electron chi connectivity index (χ4n) is 2.23. The first-order valence-electron chi connectivity index (χ1n) is 8.56. The van der Waals surface area contributed by atoms with Gasteiger partial charge >= 0.3 is 12.1 Å². The summed E-state index contributed by atoms with van der Waals surface area (Å²) in [5.41, 5.74) is -0.456. The van der Waals surface area contributed by atoms with E-state index in [-0.39, 0.29) is 17.9 Å². The Bertz CT molecular complexity index is 823. The zero-order valence-corrected chi connectivity index (χ0v) is 16.7. The molecule has 1 saturated carbocycles. The van der Waals surface area contributed by atoms with Gasteiger partial charge in [-0.05, 0) is 51.7 Å². The number of benzene rings is 1. The van der Waals surface area contributed by atoms with Crippen molar-refractivity contribution in [1.29, 1.82) is 0 Å². The van der Waals surface area contributed by atoms with Gasteiger partial charge in [0.15, 0.2) is 0 Å². The lowest BCUT2D eigenvalue weighted by molar-refractivity contribution is 0.0381. The van der Waals surface area contributed by atoms with Gasteiger partial charge in [-0.1, -0.05) is 6.07 Å². The van der Waals surface area contributed by atoms with E-state index in [9.17, 15) is 23.1 Å². The molecule has 9 heteroatoms. The highest BCUT2D eigenvalue weighted by molar-refractivity contribution is 7.88. The normalized spacial score (nSPS) is 14.5. The predicted octanol–water partition coefficient (Wildman–Crippen LogP) is 2.87. The zero-order valence-electron chi connectivity index (χ0n) is 15.9. The number of hydrogen-bond acceptors (Lipinski definition) is 6. The number of ether oxygens (including phenoxy) is 2. The Hall–Kier alpha value is -2.29. The second-order valence-corrected chi connectivity index (χ2v) is 9.54. The number of carbonyl (C=O) groups excluding carboxylic acids is 1. The Morgan fingerprint density at radius 3 is 2.37 bits per heavy atom. The SMILES string of the molecule is CC(C)(C)OC(=O)N(Cc1ccc(C(=O)O)cc1OCC1CC1)S(C)(=O)=O. The van der Waals surface area contributed by atoms with Crippen LogP contribution in [0.5, 0.6) is 5.75 Å². The van der Waals surface area contributed by atoms with Crippen LogP contribution >= 0.6 is 0 Å². The number of aromatic carboxylic acids is 1. The van der Waals surface area contributed by atoms with Crippen LogP contribution in [0, 0.1) is 5.92 Å². The topological polar surface area (TPSA) is 110 Å². The van der Waals surface area contributed by atoms with Crippen molar-refractivity contribution in [2.24, 2.45) is 5.92 Å². The molecule has 1 aromatic carbocycles. The second-order valence-electron chi connectivity index (χ2n) is 7.63. The minimum atomic E-state index is -3.91. The molecule has 0 unspecified atom stereocenters. The Morgan fingerprint density at radius 2 is 1.89 bits per heavy atom. The third-order valence-corrected chi connectivity index (χ3v) is 4.88. The largest absolute Gasteiger partial charge is 0.493 e. The number of sulfonamides is 1. The molecular weight excluding hydrogens is 374 g/mol. The van der Waals surface area contributed by atoms with Crippen LogP contribution in [-0.2, 0) is 21.3 Å². The molecule has 1 aromatic rings. The van der Waals surface area contributed by atoms with Gasteiger partial charge < -0.3 is 14.6 Å². The van der Waals surface area contributed by atoms with Crippen LogP contribution in [0.4, 0.5) is 4.79 Å². The summed E-state index contributed by atoms with van der Waals surface area (Å²) in [5, 5.41) is 9.18. The van der Waals surface area contributed by atoms with Crippen molar-refractivity contribution in [3.63, 3.8) is 0 Å². The second kappa shape index (κ2) is 7.75. The van der Waals surface area contributed by atoms with E-state index in [1.54, 1.807) is 20.8 Å². The highest BCUT2D eigenvalue weighted by Crippen LogP contribution is 2.31. The zero-order chi connectivity index (χ0) is 20.4. The highest BCUT2D eigenvalue weighted by atomic mass is 32.2.